The van der Waals surface area contributed by atoms with Gasteiger partial charge < -0.3 is 15.0 Å². The van der Waals surface area contributed by atoms with Crippen molar-refractivity contribution in [3.05, 3.63) is 29.0 Å². The highest BCUT2D eigenvalue weighted by Gasteiger charge is 2.09. The fraction of sp³-hybridized carbons (Fsp3) is 0.417. The van der Waals surface area contributed by atoms with Crippen molar-refractivity contribution in [3.8, 4) is 0 Å². The van der Waals surface area contributed by atoms with Gasteiger partial charge in [-0.1, -0.05) is 11.6 Å². The van der Waals surface area contributed by atoms with Crippen molar-refractivity contribution in [1.82, 2.24) is 14.9 Å². The predicted molar refractivity (Wildman–Crippen MR) is 69.2 cm³/mol. The van der Waals surface area contributed by atoms with Crippen molar-refractivity contribution in [1.29, 1.82) is 0 Å². The van der Waals surface area contributed by atoms with Gasteiger partial charge in [-0.05, 0) is 31.7 Å². The van der Waals surface area contributed by atoms with Gasteiger partial charge in [-0.25, -0.2) is 4.98 Å². The smallest absolute Gasteiger partial charge is 0.123 e. The molecule has 2 rings (SSSR count). The van der Waals surface area contributed by atoms with Gasteiger partial charge in [-0.3, -0.25) is 0 Å². The molecule has 0 fully saturated rings. The summed E-state index contributed by atoms with van der Waals surface area (Å²) in [6, 6.07) is 5.71. The van der Waals surface area contributed by atoms with Gasteiger partial charge in [0.25, 0.3) is 0 Å². The zero-order chi connectivity index (χ0) is 12.3. The van der Waals surface area contributed by atoms with Crippen LogP contribution in [0.5, 0.6) is 0 Å². The molecule has 4 nitrogen and oxygen atoms in total. The number of nitrogens with one attached hydrogen (secondary N) is 1. The number of aliphatic hydroxyl groups is 1. The third-order valence-electron chi connectivity index (χ3n) is 2.66. The third kappa shape index (κ3) is 2.60. The minimum absolute atomic E-state index is 0.187. The number of nitrogens with zero attached hydrogens (tertiary/aromatic N) is 2. The summed E-state index contributed by atoms with van der Waals surface area (Å²) in [5.74, 6) is 0.971. The SMILES string of the molecule is CNCc1nc2cc(Cl)ccc2n1CCCO. The summed E-state index contributed by atoms with van der Waals surface area (Å²) in [6.45, 7) is 1.66. The molecule has 1 aromatic heterocycles. The van der Waals surface area contributed by atoms with Crippen LogP contribution in [0.2, 0.25) is 5.02 Å². The summed E-state index contributed by atoms with van der Waals surface area (Å²) in [4.78, 5) is 4.55. The molecule has 0 aliphatic rings. The molecule has 0 saturated heterocycles. The van der Waals surface area contributed by atoms with Crippen LogP contribution in [0.4, 0.5) is 0 Å². The number of aromatic nitrogens is 2. The highest BCUT2D eigenvalue weighted by atomic mass is 35.5. The first-order chi connectivity index (χ1) is 8.26. The zero-order valence-electron chi connectivity index (χ0n) is 9.78. The molecule has 1 heterocycles. The summed E-state index contributed by atoms with van der Waals surface area (Å²) < 4.78 is 2.12. The van der Waals surface area contributed by atoms with E-state index in [0.29, 0.717) is 11.6 Å². The molecule has 2 N–H and O–H groups in total. The largest absolute Gasteiger partial charge is 0.396 e. The molecule has 0 aliphatic heterocycles. The van der Waals surface area contributed by atoms with Gasteiger partial charge in [0.05, 0.1) is 17.6 Å². The molecule has 0 unspecified atom stereocenters. The average Bonchev–Trinajstić information content (AvgIpc) is 2.63. The van der Waals surface area contributed by atoms with Gasteiger partial charge in [0, 0.05) is 18.2 Å². The maximum atomic E-state index is 8.93. The van der Waals surface area contributed by atoms with Crippen LogP contribution >= 0.6 is 11.6 Å². The van der Waals surface area contributed by atoms with E-state index < -0.39 is 0 Å². The molecule has 1 aromatic carbocycles. The van der Waals surface area contributed by atoms with E-state index in [-0.39, 0.29) is 6.61 Å². The number of benzene rings is 1. The van der Waals surface area contributed by atoms with Crippen LogP contribution in [0, 0.1) is 0 Å². The van der Waals surface area contributed by atoms with E-state index in [1.165, 1.54) is 0 Å². The predicted octanol–water partition coefficient (Wildman–Crippen LogP) is 1.79. The first-order valence-corrected chi connectivity index (χ1v) is 6.04. The Balaban J connectivity index is 2.46. The summed E-state index contributed by atoms with van der Waals surface area (Å²) in [5.41, 5.74) is 1.97. The number of rotatable bonds is 5. The Morgan fingerprint density at radius 1 is 1.47 bits per heavy atom. The monoisotopic (exact) mass is 253 g/mol. The second-order valence-electron chi connectivity index (χ2n) is 3.92. The van der Waals surface area contributed by atoms with E-state index >= 15 is 0 Å². The molecule has 2 aromatic rings. The highest BCUT2D eigenvalue weighted by Crippen LogP contribution is 2.20. The second kappa shape index (κ2) is 5.49. The van der Waals surface area contributed by atoms with E-state index in [0.717, 1.165) is 29.8 Å². The molecule has 92 valence electrons. The number of aliphatic hydroxyl groups excluding tert-OH is 1. The lowest BCUT2D eigenvalue weighted by Crippen LogP contribution is -2.13. The lowest BCUT2D eigenvalue weighted by Gasteiger charge is -2.07. The fourth-order valence-corrected chi connectivity index (χ4v) is 2.09. The summed E-state index contributed by atoms with van der Waals surface area (Å²) in [5, 5.41) is 12.7. The molecule has 0 aliphatic carbocycles. The van der Waals surface area contributed by atoms with Gasteiger partial charge in [0.15, 0.2) is 0 Å². The van der Waals surface area contributed by atoms with Gasteiger partial charge >= 0.3 is 0 Å². The number of hydrogen-bond donors (Lipinski definition) is 2. The standard InChI is InChI=1S/C12H16ClN3O/c1-14-8-12-15-10-7-9(13)3-4-11(10)16(12)5-2-6-17/h3-4,7,14,17H,2,5-6,8H2,1H3. The summed E-state index contributed by atoms with van der Waals surface area (Å²) >= 11 is 5.96. The van der Waals surface area contributed by atoms with Crippen LogP contribution in [0.25, 0.3) is 11.0 Å². The molecule has 17 heavy (non-hydrogen) atoms. The van der Waals surface area contributed by atoms with Gasteiger partial charge in [0.1, 0.15) is 5.82 Å². The van der Waals surface area contributed by atoms with E-state index in [1.54, 1.807) is 0 Å². The molecule has 5 heteroatoms. The molecule has 0 saturated carbocycles. The van der Waals surface area contributed by atoms with Crippen molar-refractivity contribution in [2.75, 3.05) is 13.7 Å². The normalized spacial score (nSPS) is 11.2. The molecule has 0 amide bonds. The number of fused-ring (bicyclic) bond motifs is 1. The van der Waals surface area contributed by atoms with Crippen LogP contribution in [0.3, 0.4) is 0 Å². The molecule has 0 radical (unpaired) electrons. The van der Waals surface area contributed by atoms with E-state index in [2.05, 4.69) is 14.9 Å². The molecule has 0 atom stereocenters. The van der Waals surface area contributed by atoms with Crippen LogP contribution in [0.15, 0.2) is 18.2 Å². The minimum atomic E-state index is 0.187. The molecular formula is C12H16ClN3O. The van der Waals surface area contributed by atoms with Gasteiger partial charge in [-0.15, -0.1) is 0 Å². The number of imidazole rings is 1. The van der Waals surface area contributed by atoms with Crippen molar-refractivity contribution >= 4 is 22.6 Å². The van der Waals surface area contributed by atoms with Crippen molar-refractivity contribution in [2.24, 2.45) is 0 Å². The first-order valence-electron chi connectivity index (χ1n) is 5.66. The lowest BCUT2D eigenvalue weighted by atomic mass is 10.3. The lowest BCUT2D eigenvalue weighted by molar-refractivity contribution is 0.279. The summed E-state index contributed by atoms with van der Waals surface area (Å²) in [6.07, 6.45) is 0.727. The Kier molecular flexibility index (Phi) is 3.99. The maximum absolute atomic E-state index is 8.93. The van der Waals surface area contributed by atoms with Crippen LogP contribution in [0.1, 0.15) is 12.2 Å². The van der Waals surface area contributed by atoms with Gasteiger partial charge in [-0.2, -0.15) is 0 Å². The molecule has 0 bridgehead atoms. The second-order valence-corrected chi connectivity index (χ2v) is 4.36. The van der Waals surface area contributed by atoms with Crippen LogP contribution in [-0.2, 0) is 13.1 Å². The molecular weight excluding hydrogens is 238 g/mol. The Hall–Kier alpha value is -1.10. The first kappa shape index (κ1) is 12.4. The van der Waals surface area contributed by atoms with Crippen LogP contribution in [-0.4, -0.2) is 28.3 Å². The van der Waals surface area contributed by atoms with E-state index in [9.17, 15) is 0 Å². The zero-order valence-corrected chi connectivity index (χ0v) is 10.5. The van der Waals surface area contributed by atoms with Gasteiger partial charge in [0.2, 0.25) is 0 Å². The summed E-state index contributed by atoms with van der Waals surface area (Å²) in [7, 11) is 1.89. The number of aryl methyl sites for hydroxylation is 1. The molecule has 0 spiro atoms. The van der Waals surface area contributed by atoms with E-state index in [1.807, 2.05) is 25.2 Å². The fourth-order valence-electron chi connectivity index (χ4n) is 1.92. The minimum Gasteiger partial charge on any atom is -0.396 e. The number of hydrogen-bond acceptors (Lipinski definition) is 3. The third-order valence-corrected chi connectivity index (χ3v) is 2.90. The van der Waals surface area contributed by atoms with Crippen LogP contribution < -0.4 is 5.32 Å². The Labute approximate surface area is 105 Å². The Morgan fingerprint density at radius 3 is 3.00 bits per heavy atom. The highest BCUT2D eigenvalue weighted by molar-refractivity contribution is 6.31. The topological polar surface area (TPSA) is 50.1 Å². The quantitative estimate of drug-likeness (QED) is 0.854. The van der Waals surface area contributed by atoms with Crippen molar-refractivity contribution in [3.63, 3.8) is 0 Å². The average molecular weight is 254 g/mol. The maximum Gasteiger partial charge on any atom is 0.123 e. The van der Waals surface area contributed by atoms with E-state index in [4.69, 9.17) is 16.7 Å². The Morgan fingerprint density at radius 2 is 2.29 bits per heavy atom. The Bertz CT molecular complexity index is 510. The number of halogens is 1. The van der Waals surface area contributed by atoms with Crippen molar-refractivity contribution < 1.29 is 5.11 Å². The van der Waals surface area contributed by atoms with Crippen molar-refractivity contribution in [2.45, 2.75) is 19.5 Å².